The van der Waals surface area contributed by atoms with Gasteiger partial charge in [0.1, 0.15) is 11.9 Å². The number of pyridine rings is 1. The first-order valence-corrected chi connectivity index (χ1v) is 7.92. The Morgan fingerprint density at radius 3 is 2.81 bits per heavy atom. The summed E-state index contributed by atoms with van der Waals surface area (Å²) >= 11 is 0. The third kappa shape index (κ3) is 3.95. The highest BCUT2D eigenvalue weighted by Crippen LogP contribution is 2.25. The number of hydrogen-bond donors (Lipinski definition) is 1. The number of anilines is 1. The summed E-state index contributed by atoms with van der Waals surface area (Å²) in [6, 6.07) is 4.47. The minimum absolute atomic E-state index is 0.172. The van der Waals surface area contributed by atoms with Crippen molar-refractivity contribution < 1.29 is 4.74 Å². The Morgan fingerprint density at radius 1 is 1.38 bits per heavy atom. The van der Waals surface area contributed by atoms with Crippen LogP contribution in [-0.2, 0) is 17.6 Å². The molecule has 0 saturated carbocycles. The van der Waals surface area contributed by atoms with Crippen molar-refractivity contribution in [1.82, 2.24) is 4.98 Å². The molecule has 4 nitrogen and oxygen atoms in total. The summed E-state index contributed by atoms with van der Waals surface area (Å²) < 4.78 is 5.54. The molecular weight excluding hydrogens is 262 g/mol. The molecule has 0 fully saturated rings. The maximum absolute atomic E-state index is 9.39. The molecule has 1 aliphatic rings. The van der Waals surface area contributed by atoms with E-state index in [4.69, 9.17) is 9.72 Å². The number of fused-ring (bicyclic) bond motifs is 1. The van der Waals surface area contributed by atoms with Crippen LogP contribution in [0.3, 0.4) is 0 Å². The fraction of sp³-hybridized carbons (Fsp3) is 0.647. The van der Waals surface area contributed by atoms with Gasteiger partial charge in [0, 0.05) is 12.3 Å². The van der Waals surface area contributed by atoms with Crippen LogP contribution in [0.25, 0.3) is 0 Å². The first kappa shape index (κ1) is 15.8. The van der Waals surface area contributed by atoms with Gasteiger partial charge in [-0.3, -0.25) is 0 Å². The van der Waals surface area contributed by atoms with Gasteiger partial charge in [-0.05, 0) is 50.2 Å². The number of nitrogens with zero attached hydrogens (tertiary/aromatic N) is 2. The molecule has 0 aromatic carbocycles. The molecule has 1 aromatic rings. The van der Waals surface area contributed by atoms with E-state index in [9.17, 15) is 5.26 Å². The molecule has 1 N–H and O–H groups in total. The number of aryl methyl sites for hydroxylation is 2. The monoisotopic (exact) mass is 287 g/mol. The van der Waals surface area contributed by atoms with Gasteiger partial charge in [0.15, 0.2) is 0 Å². The van der Waals surface area contributed by atoms with Crippen LogP contribution in [0, 0.1) is 17.2 Å². The van der Waals surface area contributed by atoms with Crippen LogP contribution < -0.4 is 5.32 Å². The van der Waals surface area contributed by atoms with Gasteiger partial charge in [-0.2, -0.15) is 5.26 Å². The van der Waals surface area contributed by atoms with Crippen LogP contribution in [-0.4, -0.2) is 24.2 Å². The fourth-order valence-corrected chi connectivity index (χ4v) is 2.65. The number of ether oxygens (including phenoxy) is 1. The Morgan fingerprint density at radius 2 is 2.14 bits per heavy atom. The molecule has 1 atom stereocenters. The van der Waals surface area contributed by atoms with Gasteiger partial charge in [0.05, 0.1) is 18.2 Å². The summed E-state index contributed by atoms with van der Waals surface area (Å²) in [7, 11) is 0. The Hall–Kier alpha value is -1.60. The minimum Gasteiger partial charge on any atom is -0.380 e. The molecule has 21 heavy (non-hydrogen) atoms. The molecule has 0 saturated heterocycles. The van der Waals surface area contributed by atoms with Crippen molar-refractivity contribution in [3.63, 3.8) is 0 Å². The third-order valence-corrected chi connectivity index (χ3v) is 4.05. The Balaban J connectivity index is 2.23. The summed E-state index contributed by atoms with van der Waals surface area (Å²) in [6.45, 7) is 7.64. The smallest absolute Gasteiger partial charge is 0.144 e. The molecule has 2 rings (SSSR count). The normalized spacial score (nSPS) is 15.4. The van der Waals surface area contributed by atoms with E-state index in [2.05, 4.69) is 25.2 Å². The average Bonchev–Trinajstić information content (AvgIpc) is 2.50. The lowest BCUT2D eigenvalue weighted by Gasteiger charge is -2.24. The van der Waals surface area contributed by atoms with Crippen LogP contribution >= 0.6 is 0 Å². The van der Waals surface area contributed by atoms with Crippen LogP contribution in [0.5, 0.6) is 0 Å². The van der Waals surface area contributed by atoms with Crippen molar-refractivity contribution >= 4 is 5.82 Å². The quantitative estimate of drug-likeness (QED) is 0.872. The lowest BCUT2D eigenvalue weighted by atomic mass is 9.94. The first-order valence-electron chi connectivity index (χ1n) is 7.92. The Labute approximate surface area is 127 Å². The van der Waals surface area contributed by atoms with Gasteiger partial charge in [-0.25, -0.2) is 4.98 Å². The van der Waals surface area contributed by atoms with E-state index in [1.807, 2.05) is 13.0 Å². The molecule has 0 spiro atoms. The van der Waals surface area contributed by atoms with Gasteiger partial charge in [0.25, 0.3) is 0 Å². The molecule has 0 bridgehead atoms. The van der Waals surface area contributed by atoms with E-state index in [-0.39, 0.29) is 6.04 Å². The SMILES string of the molecule is CCOCC(Nc1nc2c(cc1C#N)CCCC2)C(C)C. The van der Waals surface area contributed by atoms with Crippen molar-refractivity contribution in [3.05, 3.63) is 22.9 Å². The van der Waals surface area contributed by atoms with Crippen molar-refractivity contribution in [2.75, 3.05) is 18.5 Å². The van der Waals surface area contributed by atoms with E-state index in [0.717, 1.165) is 24.4 Å². The van der Waals surface area contributed by atoms with Gasteiger partial charge in [-0.15, -0.1) is 0 Å². The van der Waals surface area contributed by atoms with E-state index in [1.165, 1.54) is 18.4 Å². The molecule has 114 valence electrons. The lowest BCUT2D eigenvalue weighted by molar-refractivity contribution is 0.126. The zero-order valence-electron chi connectivity index (χ0n) is 13.3. The molecular formula is C17H25N3O. The largest absolute Gasteiger partial charge is 0.380 e. The number of nitrogens with one attached hydrogen (secondary N) is 1. The Bertz CT molecular complexity index is 520. The van der Waals surface area contributed by atoms with Gasteiger partial charge in [0.2, 0.25) is 0 Å². The first-order chi connectivity index (χ1) is 10.2. The second-order valence-corrected chi connectivity index (χ2v) is 5.96. The maximum atomic E-state index is 9.39. The summed E-state index contributed by atoms with van der Waals surface area (Å²) in [5, 5.41) is 12.8. The zero-order chi connectivity index (χ0) is 15.2. The second kappa shape index (κ2) is 7.42. The van der Waals surface area contributed by atoms with E-state index in [0.29, 0.717) is 24.7 Å². The van der Waals surface area contributed by atoms with Crippen LogP contribution in [0.15, 0.2) is 6.07 Å². The highest BCUT2D eigenvalue weighted by atomic mass is 16.5. The van der Waals surface area contributed by atoms with Crippen molar-refractivity contribution in [2.45, 2.75) is 52.5 Å². The molecule has 0 amide bonds. The number of nitriles is 1. The van der Waals surface area contributed by atoms with Gasteiger partial charge in [-0.1, -0.05) is 13.8 Å². The lowest BCUT2D eigenvalue weighted by Crippen LogP contribution is -2.32. The van der Waals surface area contributed by atoms with Crippen LogP contribution in [0.4, 0.5) is 5.82 Å². The molecule has 0 radical (unpaired) electrons. The molecule has 1 aromatic heterocycles. The van der Waals surface area contributed by atoms with E-state index < -0.39 is 0 Å². The molecule has 0 aliphatic heterocycles. The Kier molecular flexibility index (Phi) is 5.58. The summed E-state index contributed by atoms with van der Waals surface area (Å²) in [5.74, 6) is 1.14. The number of hydrogen-bond acceptors (Lipinski definition) is 4. The summed E-state index contributed by atoms with van der Waals surface area (Å²) in [4.78, 5) is 4.73. The van der Waals surface area contributed by atoms with Crippen molar-refractivity contribution in [3.8, 4) is 6.07 Å². The molecule has 1 aliphatic carbocycles. The minimum atomic E-state index is 0.172. The highest BCUT2D eigenvalue weighted by molar-refractivity contribution is 5.55. The topological polar surface area (TPSA) is 57.9 Å². The second-order valence-electron chi connectivity index (χ2n) is 5.96. The van der Waals surface area contributed by atoms with E-state index >= 15 is 0 Å². The predicted molar refractivity (Wildman–Crippen MR) is 84.3 cm³/mol. The third-order valence-electron chi connectivity index (χ3n) is 4.05. The highest BCUT2D eigenvalue weighted by Gasteiger charge is 2.19. The zero-order valence-corrected chi connectivity index (χ0v) is 13.3. The maximum Gasteiger partial charge on any atom is 0.144 e. The molecule has 1 heterocycles. The van der Waals surface area contributed by atoms with Crippen molar-refractivity contribution in [2.24, 2.45) is 5.92 Å². The standard InChI is InChI=1S/C17H25N3O/c1-4-21-11-16(12(2)3)20-17-14(10-18)9-13-7-5-6-8-15(13)19-17/h9,12,16H,4-8,11H2,1-3H3,(H,19,20). The fourth-order valence-electron chi connectivity index (χ4n) is 2.65. The predicted octanol–water partition coefficient (Wildman–Crippen LogP) is 3.31. The summed E-state index contributed by atoms with van der Waals surface area (Å²) in [6.07, 6.45) is 4.46. The van der Waals surface area contributed by atoms with Crippen molar-refractivity contribution in [1.29, 1.82) is 5.26 Å². The number of rotatable bonds is 6. The van der Waals surface area contributed by atoms with Crippen LogP contribution in [0.1, 0.15) is 50.4 Å². The van der Waals surface area contributed by atoms with Gasteiger partial charge >= 0.3 is 0 Å². The average molecular weight is 287 g/mol. The number of aromatic nitrogens is 1. The van der Waals surface area contributed by atoms with Crippen LogP contribution in [0.2, 0.25) is 0 Å². The summed E-state index contributed by atoms with van der Waals surface area (Å²) in [5.41, 5.74) is 3.05. The van der Waals surface area contributed by atoms with E-state index in [1.54, 1.807) is 0 Å². The molecule has 1 unspecified atom stereocenters. The van der Waals surface area contributed by atoms with Gasteiger partial charge < -0.3 is 10.1 Å². The molecule has 4 heteroatoms.